The van der Waals surface area contributed by atoms with Crippen molar-refractivity contribution in [3.05, 3.63) is 53.1 Å². The number of halogens is 1. The Morgan fingerprint density at radius 1 is 1.11 bits per heavy atom. The number of carbonyl (C=O) groups is 1. The Kier molecular flexibility index (Phi) is 5.59. The summed E-state index contributed by atoms with van der Waals surface area (Å²) < 4.78 is 38.1. The molecule has 1 heterocycles. The average molecular weight is 411 g/mol. The van der Waals surface area contributed by atoms with Crippen molar-refractivity contribution in [3.63, 3.8) is 0 Å². The minimum absolute atomic E-state index is 0.00639. The van der Waals surface area contributed by atoms with Crippen molar-refractivity contribution in [1.82, 2.24) is 9.62 Å². The molecule has 1 fully saturated rings. The fourth-order valence-corrected chi connectivity index (χ4v) is 4.83. The van der Waals surface area contributed by atoms with Gasteiger partial charge in [-0.2, -0.15) is 4.31 Å². The number of ether oxygens (including phenoxy) is 2. The van der Waals surface area contributed by atoms with Gasteiger partial charge in [0.2, 0.25) is 15.9 Å². The second kappa shape index (κ2) is 7.75. The molecule has 1 saturated heterocycles. The quantitative estimate of drug-likeness (QED) is 0.816. The van der Waals surface area contributed by atoms with Gasteiger partial charge in [-0.25, -0.2) is 8.42 Å². The van der Waals surface area contributed by atoms with Gasteiger partial charge in [-0.1, -0.05) is 29.8 Å². The minimum atomic E-state index is -3.99. The SMILES string of the molecule is COc1ccc(S(=O)(=O)N2CCNC(=O)C2c2ccccc2Cl)cc1OC. The summed E-state index contributed by atoms with van der Waals surface area (Å²) in [5.41, 5.74) is 0.431. The number of amides is 1. The lowest BCUT2D eigenvalue weighted by Gasteiger charge is -2.34. The number of nitrogens with one attached hydrogen (secondary N) is 1. The molecule has 0 spiro atoms. The van der Waals surface area contributed by atoms with E-state index in [1.54, 1.807) is 24.3 Å². The van der Waals surface area contributed by atoms with E-state index in [0.717, 1.165) is 4.31 Å². The first-order chi connectivity index (χ1) is 12.9. The zero-order chi connectivity index (χ0) is 19.6. The number of rotatable bonds is 5. The van der Waals surface area contributed by atoms with Gasteiger partial charge < -0.3 is 14.8 Å². The van der Waals surface area contributed by atoms with Gasteiger partial charge in [-0.15, -0.1) is 0 Å². The summed E-state index contributed by atoms with van der Waals surface area (Å²) >= 11 is 6.23. The smallest absolute Gasteiger partial charge is 0.244 e. The second-order valence-corrected chi connectivity index (χ2v) is 8.15. The van der Waals surface area contributed by atoms with Crippen LogP contribution in [0.2, 0.25) is 5.02 Å². The zero-order valence-electron chi connectivity index (χ0n) is 14.8. The van der Waals surface area contributed by atoms with Gasteiger partial charge in [-0.05, 0) is 23.8 Å². The summed E-state index contributed by atoms with van der Waals surface area (Å²) in [5.74, 6) is 0.281. The van der Waals surface area contributed by atoms with Crippen LogP contribution in [0.3, 0.4) is 0 Å². The summed E-state index contributed by atoms with van der Waals surface area (Å²) in [6.45, 7) is 0.338. The Labute approximate surface area is 162 Å². The molecular formula is C18H19ClN2O5S. The predicted octanol–water partition coefficient (Wildman–Crippen LogP) is 2.22. The lowest BCUT2D eigenvalue weighted by Crippen LogP contribution is -2.52. The molecule has 9 heteroatoms. The second-order valence-electron chi connectivity index (χ2n) is 5.85. The molecular weight excluding hydrogens is 392 g/mol. The topological polar surface area (TPSA) is 84.9 Å². The van der Waals surface area contributed by atoms with Crippen LogP contribution < -0.4 is 14.8 Å². The third-order valence-corrected chi connectivity index (χ3v) is 6.53. The van der Waals surface area contributed by atoms with Crippen molar-refractivity contribution in [3.8, 4) is 11.5 Å². The Hall–Kier alpha value is -2.29. The highest BCUT2D eigenvalue weighted by molar-refractivity contribution is 7.89. The van der Waals surface area contributed by atoms with Crippen molar-refractivity contribution in [2.75, 3.05) is 27.3 Å². The van der Waals surface area contributed by atoms with Crippen molar-refractivity contribution >= 4 is 27.5 Å². The fraction of sp³-hybridized carbons (Fsp3) is 0.278. The maximum Gasteiger partial charge on any atom is 0.244 e. The van der Waals surface area contributed by atoms with E-state index >= 15 is 0 Å². The Morgan fingerprint density at radius 3 is 2.48 bits per heavy atom. The van der Waals surface area contributed by atoms with Crippen molar-refractivity contribution in [2.45, 2.75) is 10.9 Å². The molecule has 2 aromatic rings. The molecule has 0 radical (unpaired) electrons. The van der Waals surface area contributed by atoms with Crippen LogP contribution in [0.5, 0.6) is 11.5 Å². The van der Waals surface area contributed by atoms with E-state index in [1.807, 2.05) is 0 Å². The molecule has 1 unspecified atom stereocenters. The van der Waals surface area contributed by atoms with E-state index < -0.39 is 22.0 Å². The summed E-state index contributed by atoms with van der Waals surface area (Å²) in [5, 5.41) is 3.03. The van der Waals surface area contributed by atoms with Crippen molar-refractivity contribution < 1.29 is 22.7 Å². The summed E-state index contributed by atoms with van der Waals surface area (Å²) in [7, 11) is -1.10. The van der Waals surface area contributed by atoms with Gasteiger partial charge in [0.05, 0.1) is 19.1 Å². The summed E-state index contributed by atoms with van der Waals surface area (Å²) in [6.07, 6.45) is 0. The maximum absolute atomic E-state index is 13.3. The molecule has 7 nitrogen and oxygen atoms in total. The number of benzene rings is 2. The minimum Gasteiger partial charge on any atom is -0.493 e. The third-order valence-electron chi connectivity index (χ3n) is 4.33. The highest BCUT2D eigenvalue weighted by Crippen LogP contribution is 2.36. The van der Waals surface area contributed by atoms with Crippen LogP contribution in [0.4, 0.5) is 0 Å². The third kappa shape index (κ3) is 3.60. The molecule has 27 heavy (non-hydrogen) atoms. The highest BCUT2D eigenvalue weighted by atomic mass is 35.5. The monoisotopic (exact) mass is 410 g/mol. The van der Waals surface area contributed by atoms with Crippen LogP contribution in [0.25, 0.3) is 0 Å². The Bertz CT molecular complexity index is 964. The normalized spacial score (nSPS) is 18.0. The van der Waals surface area contributed by atoms with Crippen LogP contribution in [0, 0.1) is 0 Å². The molecule has 0 aromatic heterocycles. The lowest BCUT2D eigenvalue weighted by molar-refractivity contribution is -0.126. The van der Waals surface area contributed by atoms with Gasteiger partial charge in [0.25, 0.3) is 0 Å². The Balaban J connectivity index is 2.08. The molecule has 1 amide bonds. The molecule has 1 N–H and O–H groups in total. The van der Waals surface area contributed by atoms with E-state index in [4.69, 9.17) is 21.1 Å². The number of carbonyl (C=O) groups excluding carboxylic acids is 1. The summed E-state index contributed by atoms with van der Waals surface area (Å²) in [6, 6.07) is 9.97. The fourth-order valence-electron chi connectivity index (χ4n) is 3.01. The van der Waals surface area contributed by atoms with Gasteiger partial charge in [0, 0.05) is 24.2 Å². The predicted molar refractivity (Wildman–Crippen MR) is 101 cm³/mol. The maximum atomic E-state index is 13.3. The molecule has 2 aromatic carbocycles. The number of sulfonamides is 1. The molecule has 1 aliphatic rings. The largest absolute Gasteiger partial charge is 0.493 e. The van der Waals surface area contributed by atoms with Gasteiger partial charge in [0.1, 0.15) is 6.04 Å². The molecule has 1 aliphatic heterocycles. The molecule has 0 aliphatic carbocycles. The first kappa shape index (κ1) is 19.5. The number of piperazine rings is 1. The van der Waals surface area contributed by atoms with E-state index in [9.17, 15) is 13.2 Å². The van der Waals surface area contributed by atoms with Gasteiger partial charge in [0.15, 0.2) is 11.5 Å². The molecule has 0 bridgehead atoms. The molecule has 1 atom stereocenters. The first-order valence-electron chi connectivity index (χ1n) is 8.16. The number of hydrogen-bond donors (Lipinski definition) is 1. The van der Waals surface area contributed by atoms with Gasteiger partial charge in [-0.3, -0.25) is 4.79 Å². The van der Waals surface area contributed by atoms with Crippen LogP contribution in [0.1, 0.15) is 11.6 Å². The summed E-state index contributed by atoms with van der Waals surface area (Å²) in [4.78, 5) is 12.5. The molecule has 0 saturated carbocycles. The number of methoxy groups -OCH3 is 2. The van der Waals surface area contributed by atoms with Crippen molar-refractivity contribution in [2.24, 2.45) is 0 Å². The van der Waals surface area contributed by atoms with E-state index in [2.05, 4.69) is 5.32 Å². The zero-order valence-corrected chi connectivity index (χ0v) is 16.4. The van der Waals surface area contributed by atoms with E-state index in [-0.39, 0.29) is 23.7 Å². The standard InChI is InChI=1S/C18H19ClN2O5S/c1-25-15-8-7-12(11-16(15)26-2)27(23,24)21-10-9-20-18(22)17(21)13-5-3-4-6-14(13)19/h3-8,11,17H,9-10H2,1-2H3,(H,20,22). The van der Waals surface area contributed by atoms with Crippen LogP contribution in [-0.2, 0) is 14.8 Å². The van der Waals surface area contributed by atoms with Crippen LogP contribution >= 0.6 is 11.6 Å². The van der Waals surface area contributed by atoms with Crippen LogP contribution in [0.15, 0.2) is 47.4 Å². The first-order valence-corrected chi connectivity index (χ1v) is 9.98. The van der Waals surface area contributed by atoms with Crippen LogP contribution in [-0.4, -0.2) is 45.9 Å². The van der Waals surface area contributed by atoms with E-state index in [1.165, 1.54) is 32.4 Å². The van der Waals surface area contributed by atoms with Gasteiger partial charge >= 0.3 is 0 Å². The Morgan fingerprint density at radius 2 is 1.81 bits per heavy atom. The number of hydrogen-bond acceptors (Lipinski definition) is 5. The highest BCUT2D eigenvalue weighted by Gasteiger charge is 2.40. The van der Waals surface area contributed by atoms with Crippen molar-refractivity contribution in [1.29, 1.82) is 0 Å². The van der Waals surface area contributed by atoms with E-state index in [0.29, 0.717) is 16.3 Å². The average Bonchev–Trinajstić information content (AvgIpc) is 2.68. The molecule has 3 rings (SSSR count). The molecule has 144 valence electrons. The lowest BCUT2D eigenvalue weighted by atomic mass is 10.0. The number of nitrogens with zero attached hydrogens (tertiary/aromatic N) is 1.